The van der Waals surface area contributed by atoms with Crippen LogP contribution in [0.2, 0.25) is 0 Å². The molecule has 4 atom stereocenters. The highest BCUT2D eigenvalue weighted by Gasteiger charge is 2.45. The number of carbonyl (C=O) groups is 6. The Morgan fingerprint density at radius 2 is 1.32 bits per heavy atom. The molecule has 0 bridgehead atoms. The van der Waals surface area contributed by atoms with Gasteiger partial charge in [0, 0.05) is 6.54 Å². The molecule has 1 aromatic carbocycles. The molecular weight excluding hydrogens is 686 g/mol. The van der Waals surface area contributed by atoms with E-state index in [9.17, 15) is 28.8 Å². The van der Waals surface area contributed by atoms with E-state index in [1.54, 1.807) is 83.1 Å². The molecule has 14 nitrogen and oxygen atoms in total. The van der Waals surface area contributed by atoms with Crippen LogP contribution in [-0.4, -0.2) is 106 Å². The maximum atomic E-state index is 14.3. The van der Waals surface area contributed by atoms with Crippen molar-refractivity contribution in [3.63, 3.8) is 0 Å². The zero-order valence-electron chi connectivity index (χ0n) is 33.8. The zero-order chi connectivity index (χ0) is 40.5. The van der Waals surface area contributed by atoms with Crippen molar-refractivity contribution in [2.75, 3.05) is 13.2 Å². The number of esters is 3. The van der Waals surface area contributed by atoms with E-state index in [4.69, 9.17) is 23.7 Å². The van der Waals surface area contributed by atoms with Crippen LogP contribution >= 0.6 is 0 Å². The van der Waals surface area contributed by atoms with Crippen molar-refractivity contribution < 1.29 is 52.5 Å². The number of amides is 3. The van der Waals surface area contributed by atoms with Gasteiger partial charge in [0.15, 0.2) is 6.04 Å². The Hall–Kier alpha value is -4.36. The smallest absolute Gasteiger partial charge is 0.411 e. The predicted octanol–water partition coefficient (Wildman–Crippen LogP) is 5.72. The number of likely N-dealkylation sites (tertiary alicyclic amines) is 1. The molecule has 1 unspecified atom stereocenters. The summed E-state index contributed by atoms with van der Waals surface area (Å²) in [5.41, 5.74) is -2.79. The monoisotopic (exact) mass is 747 g/mol. The second-order valence-electron chi connectivity index (χ2n) is 17.2. The summed E-state index contributed by atoms with van der Waals surface area (Å²) in [6.07, 6.45) is -0.717. The first-order valence-corrected chi connectivity index (χ1v) is 18.1. The first-order valence-electron chi connectivity index (χ1n) is 18.1. The van der Waals surface area contributed by atoms with Gasteiger partial charge in [0.05, 0.1) is 0 Å². The Labute approximate surface area is 314 Å². The molecule has 0 aromatic heterocycles. The maximum Gasteiger partial charge on any atom is 0.411 e. The molecule has 0 saturated carbocycles. The average molecular weight is 748 g/mol. The third kappa shape index (κ3) is 15.6. The molecular formula is C39H61N3O11. The van der Waals surface area contributed by atoms with E-state index in [0.29, 0.717) is 12.8 Å². The summed E-state index contributed by atoms with van der Waals surface area (Å²) in [6.45, 7) is 21.1. The van der Waals surface area contributed by atoms with Crippen LogP contribution in [0.5, 0.6) is 0 Å². The fourth-order valence-corrected chi connectivity index (χ4v) is 5.45. The minimum atomic E-state index is -1.48. The predicted molar refractivity (Wildman–Crippen MR) is 197 cm³/mol. The van der Waals surface area contributed by atoms with Crippen LogP contribution in [-0.2, 0) is 49.3 Å². The van der Waals surface area contributed by atoms with Crippen LogP contribution in [0, 0.1) is 0 Å². The summed E-state index contributed by atoms with van der Waals surface area (Å²) in [7, 11) is 0. The normalized spacial score (nSPS) is 16.8. The van der Waals surface area contributed by atoms with E-state index in [0.717, 1.165) is 10.5 Å². The Bertz CT molecular complexity index is 1440. The number of nitrogens with zero attached hydrogens (tertiary/aromatic N) is 2. The molecule has 0 spiro atoms. The van der Waals surface area contributed by atoms with Gasteiger partial charge < -0.3 is 33.9 Å². The summed E-state index contributed by atoms with van der Waals surface area (Å²) < 4.78 is 27.8. The van der Waals surface area contributed by atoms with Crippen LogP contribution in [0.25, 0.3) is 0 Å². The molecule has 298 valence electrons. The van der Waals surface area contributed by atoms with Crippen molar-refractivity contribution in [2.45, 2.75) is 162 Å². The second kappa shape index (κ2) is 18.1. The van der Waals surface area contributed by atoms with E-state index in [1.165, 1.54) is 11.8 Å². The zero-order valence-corrected chi connectivity index (χ0v) is 33.8. The highest BCUT2D eigenvalue weighted by Crippen LogP contribution is 2.26. The first kappa shape index (κ1) is 44.8. The lowest BCUT2D eigenvalue weighted by atomic mass is 10.0. The highest BCUT2D eigenvalue weighted by molar-refractivity contribution is 5.92. The molecule has 1 fully saturated rings. The number of carbonyl (C=O) groups excluding carboxylic acids is 6. The number of alkyl carbamates (subject to hydrolysis) is 1. The van der Waals surface area contributed by atoms with Gasteiger partial charge in [0.25, 0.3) is 0 Å². The van der Waals surface area contributed by atoms with Crippen LogP contribution in [0.4, 0.5) is 9.59 Å². The minimum Gasteiger partial charge on any atom is -0.461 e. The van der Waals surface area contributed by atoms with Crippen molar-refractivity contribution in [1.82, 2.24) is 15.1 Å². The van der Waals surface area contributed by atoms with Gasteiger partial charge in [-0.2, -0.15) is 0 Å². The van der Waals surface area contributed by atoms with Crippen molar-refractivity contribution in [3.8, 4) is 0 Å². The molecule has 1 heterocycles. The molecule has 1 saturated heterocycles. The summed E-state index contributed by atoms with van der Waals surface area (Å²) >= 11 is 0. The van der Waals surface area contributed by atoms with Crippen LogP contribution < -0.4 is 5.32 Å². The summed E-state index contributed by atoms with van der Waals surface area (Å²) in [5.74, 6) is -2.99. The van der Waals surface area contributed by atoms with E-state index in [1.807, 2.05) is 30.3 Å². The number of aryl methyl sites for hydroxylation is 1. The van der Waals surface area contributed by atoms with E-state index >= 15 is 0 Å². The lowest BCUT2D eigenvalue weighted by molar-refractivity contribution is -0.166. The van der Waals surface area contributed by atoms with Crippen molar-refractivity contribution in [3.05, 3.63) is 35.9 Å². The fourth-order valence-electron chi connectivity index (χ4n) is 5.45. The number of nitrogens with one attached hydrogen (secondary N) is 1. The van der Waals surface area contributed by atoms with E-state index in [2.05, 4.69) is 5.32 Å². The molecule has 53 heavy (non-hydrogen) atoms. The number of rotatable bonds is 12. The lowest BCUT2D eigenvalue weighted by Gasteiger charge is -2.38. The average Bonchev–Trinajstić information content (AvgIpc) is 3.48. The molecule has 2 rings (SSSR count). The Balaban J connectivity index is 2.55. The third-order valence-corrected chi connectivity index (χ3v) is 7.53. The molecule has 0 aliphatic carbocycles. The quantitative estimate of drug-likeness (QED) is 0.205. The number of ether oxygens (including phenoxy) is 5. The van der Waals surface area contributed by atoms with Gasteiger partial charge in [-0.1, -0.05) is 30.3 Å². The SMILES string of the molecule is C[C@@H](C(=O)N1CCCC1C(=O)OC(C)(C)C)N(C(=O)OC(C)(C)C)[C@@H](CCc1ccccc1)C(=O)OC[C@H](NC(=O)OC(C)(C)C)C(=O)OC(C)(C)C. The molecule has 1 aliphatic rings. The van der Waals surface area contributed by atoms with E-state index in [-0.39, 0.29) is 19.4 Å². The Morgan fingerprint density at radius 3 is 1.85 bits per heavy atom. The van der Waals surface area contributed by atoms with Crippen LogP contribution in [0.1, 0.15) is 115 Å². The standard InChI is InChI=1S/C39H61N3O11/c1-25(30(43)41-23-17-20-28(41)33(46)51-37(5,6)7)42(35(48)53-39(11,12)13)29(22-21-26-18-15-14-16-19-26)32(45)49-24-27(31(44)50-36(2,3)4)40-34(47)52-38(8,9)10/h14-16,18-19,25,27-29H,17,20-24H2,1-13H3,(H,40,47)/t25-,27-,28?,29-/m0/s1. The third-order valence-electron chi connectivity index (χ3n) is 7.53. The number of hydrogen-bond donors (Lipinski definition) is 1. The van der Waals surface area contributed by atoms with Crippen molar-refractivity contribution >= 4 is 36.0 Å². The largest absolute Gasteiger partial charge is 0.461 e. The molecule has 3 amide bonds. The maximum absolute atomic E-state index is 14.3. The van der Waals surface area contributed by atoms with Gasteiger partial charge in [-0.3, -0.25) is 9.69 Å². The van der Waals surface area contributed by atoms with E-state index < -0.39 is 89.2 Å². The summed E-state index contributed by atoms with van der Waals surface area (Å²) in [6, 6.07) is 4.14. The van der Waals surface area contributed by atoms with Crippen LogP contribution in [0.15, 0.2) is 30.3 Å². The van der Waals surface area contributed by atoms with Gasteiger partial charge in [0.2, 0.25) is 5.91 Å². The molecule has 0 radical (unpaired) electrons. The van der Waals surface area contributed by atoms with Crippen molar-refractivity contribution in [1.29, 1.82) is 0 Å². The lowest BCUT2D eigenvalue weighted by Crippen LogP contribution is -2.58. The molecule has 14 heteroatoms. The van der Waals surface area contributed by atoms with Gasteiger partial charge in [-0.15, -0.1) is 0 Å². The molecule has 1 aromatic rings. The van der Waals surface area contributed by atoms with Crippen molar-refractivity contribution in [2.24, 2.45) is 0 Å². The molecule has 1 aliphatic heterocycles. The topological polar surface area (TPSA) is 167 Å². The van der Waals surface area contributed by atoms with Crippen LogP contribution in [0.3, 0.4) is 0 Å². The Kier molecular flexibility index (Phi) is 15.3. The summed E-state index contributed by atoms with van der Waals surface area (Å²) in [4.78, 5) is 84.0. The van der Waals surface area contributed by atoms with Gasteiger partial charge in [0.1, 0.15) is 47.1 Å². The fraction of sp³-hybridized carbons (Fsp3) is 0.692. The summed E-state index contributed by atoms with van der Waals surface area (Å²) in [5, 5.41) is 2.42. The number of benzene rings is 1. The highest BCUT2D eigenvalue weighted by atomic mass is 16.6. The Morgan fingerprint density at radius 1 is 0.774 bits per heavy atom. The molecule has 1 N–H and O–H groups in total. The van der Waals surface area contributed by atoms with Gasteiger partial charge in [-0.25, -0.2) is 24.0 Å². The second-order valence-corrected chi connectivity index (χ2v) is 17.2. The minimum absolute atomic E-state index is 0.00813. The first-order chi connectivity index (χ1) is 24.2. The van der Waals surface area contributed by atoms with Gasteiger partial charge in [-0.05, 0) is 121 Å². The number of hydrogen-bond acceptors (Lipinski definition) is 11. The van der Waals surface area contributed by atoms with Gasteiger partial charge >= 0.3 is 30.1 Å².